The van der Waals surface area contributed by atoms with Crippen LogP contribution in [0.4, 0.5) is 5.82 Å². The maximum Gasteiger partial charge on any atom is 0.171 e. The molecule has 3 aliphatic rings. The van der Waals surface area contributed by atoms with Crippen molar-refractivity contribution >= 4 is 35.5 Å². The van der Waals surface area contributed by atoms with Crippen LogP contribution in [0.5, 0.6) is 0 Å². The summed E-state index contributed by atoms with van der Waals surface area (Å²) in [7, 11) is -0.990. The van der Waals surface area contributed by atoms with Crippen LogP contribution in [0.25, 0.3) is 5.65 Å². The molecule has 4 atom stereocenters. The van der Waals surface area contributed by atoms with Crippen molar-refractivity contribution in [3.05, 3.63) is 46.0 Å². The van der Waals surface area contributed by atoms with Gasteiger partial charge in [-0.2, -0.15) is 9.61 Å². The second-order valence-corrected chi connectivity index (χ2v) is 10.0. The molecule has 1 aliphatic heterocycles. The zero-order chi connectivity index (χ0) is 17.7. The molecule has 0 amide bonds. The van der Waals surface area contributed by atoms with Gasteiger partial charge in [-0.3, -0.25) is 0 Å². The summed E-state index contributed by atoms with van der Waals surface area (Å²) in [6.07, 6.45) is 12.0. The second-order valence-electron chi connectivity index (χ2n) is 7.69. The largest absolute Gasteiger partial charge is 0.369 e. The van der Waals surface area contributed by atoms with Crippen molar-refractivity contribution in [3.63, 3.8) is 0 Å². The lowest BCUT2D eigenvalue weighted by Crippen LogP contribution is -2.15. The quantitative estimate of drug-likeness (QED) is 0.690. The summed E-state index contributed by atoms with van der Waals surface area (Å²) in [4.78, 5) is 14.8. The van der Waals surface area contributed by atoms with E-state index in [0.29, 0.717) is 5.92 Å². The Morgan fingerprint density at radius 3 is 3.04 bits per heavy atom. The highest BCUT2D eigenvalue weighted by molar-refractivity contribution is 9.10. The maximum atomic E-state index is 9.88. The third kappa shape index (κ3) is 3.02. The Morgan fingerprint density at radius 2 is 2.27 bits per heavy atom. The van der Waals surface area contributed by atoms with Gasteiger partial charge in [0.25, 0.3) is 0 Å². The van der Waals surface area contributed by atoms with Crippen LogP contribution in [0.2, 0.25) is 0 Å². The fourth-order valence-corrected chi connectivity index (χ4v) is 6.16. The number of anilines is 1. The highest BCUT2D eigenvalue weighted by Gasteiger charge is 2.41. The summed E-state index contributed by atoms with van der Waals surface area (Å²) >= 11 is 3.60. The molecule has 2 saturated carbocycles. The van der Waals surface area contributed by atoms with Gasteiger partial charge in [0.05, 0.1) is 18.8 Å². The minimum atomic E-state index is -0.990. The van der Waals surface area contributed by atoms with Crippen LogP contribution < -0.4 is 5.32 Å². The summed E-state index contributed by atoms with van der Waals surface area (Å²) in [5.74, 6) is 5.16. The highest BCUT2D eigenvalue weighted by Crippen LogP contribution is 2.52. The van der Waals surface area contributed by atoms with E-state index >= 15 is 0 Å². The molecule has 0 spiro atoms. The first-order chi connectivity index (χ1) is 12.7. The minimum Gasteiger partial charge on any atom is -0.369 e. The average molecular weight is 433 g/mol. The summed E-state index contributed by atoms with van der Waals surface area (Å²) < 4.78 is 2.81. The van der Waals surface area contributed by atoms with E-state index < -0.39 is 8.15 Å². The molecule has 2 fully saturated rings. The Balaban J connectivity index is 1.46. The highest BCUT2D eigenvalue weighted by atomic mass is 79.9. The van der Waals surface area contributed by atoms with Gasteiger partial charge < -0.3 is 10.2 Å². The molecule has 2 aliphatic carbocycles. The molecule has 26 heavy (non-hydrogen) atoms. The number of hydrogen-bond donors (Lipinski definition) is 2. The SMILES string of the molecule is OP1C=CC=C(CNc2cc(C3CC4CCC3C4)nc3c(Br)cnn23)C1. The molecule has 5 nitrogen and oxygen atoms in total. The Hall–Kier alpha value is -1.23. The number of allylic oxidation sites excluding steroid dienone is 2. The molecule has 0 saturated heterocycles. The van der Waals surface area contributed by atoms with Crippen molar-refractivity contribution in [1.82, 2.24) is 14.6 Å². The van der Waals surface area contributed by atoms with Crippen molar-refractivity contribution < 1.29 is 4.89 Å². The standard InChI is InChI=1S/C19H22BrN4OP/c20-16-10-22-24-18(21-9-13-2-1-5-26(25)11-13)8-17(23-19(16)24)15-7-12-3-4-14(15)6-12/h1-2,5,8,10,12,14-15,21,25H,3-4,6-7,9,11H2. The number of rotatable bonds is 4. The molecule has 0 aromatic carbocycles. The summed E-state index contributed by atoms with van der Waals surface area (Å²) in [5.41, 5.74) is 3.31. The number of halogens is 1. The molecule has 7 heteroatoms. The Morgan fingerprint density at radius 1 is 1.35 bits per heavy atom. The molecule has 2 aromatic rings. The van der Waals surface area contributed by atoms with E-state index in [2.05, 4.69) is 38.5 Å². The molecule has 4 unspecified atom stereocenters. The van der Waals surface area contributed by atoms with E-state index in [-0.39, 0.29) is 0 Å². The third-order valence-corrected chi connectivity index (χ3v) is 7.82. The van der Waals surface area contributed by atoms with Crippen molar-refractivity contribution in [3.8, 4) is 0 Å². The van der Waals surface area contributed by atoms with E-state index in [9.17, 15) is 4.89 Å². The van der Waals surface area contributed by atoms with Gasteiger partial charge in [0.15, 0.2) is 5.65 Å². The monoisotopic (exact) mass is 432 g/mol. The Labute approximate surface area is 162 Å². The van der Waals surface area contributed by atoms with Gasteiger partial charge in [0, 0.05) is 30.4 Å². The molecule has 0 radical (unpaired) electrons. The van der Waals surface area contributed by atoms with Crippen molar-refractivity contribution in [1.29, 1.82) is 0 Å². The number of nitrogens with zero attached hydrogens (tertiary/aromatic N) is 3. The lowest BCUT2D eigenvalue weighted by Gasteiger charge is -2.22. The number of aromatic nitrogens is 3. The van der Waals surface area contributed by atoms with Gasteiger partial charge >= 0.3 is 0 Å². The Bertz CT molecular complexity index is 908. The van der Waals surface area contributed by atoms with Crippen LogP contribution in [-0.4, -0.2) is 32.2 Å². The molecule has 136 valence electrons. The number of fused-ring (bicyclic) bond motifs is 3. The molecular formula is C19H22BrN4OP. The second kappa shape index (κ2) is 6.74. The first-order valence-electron chi connectivity index (χ1n) is 9.27. The molecule has 2 bridgehead atoms. The minimum absolute atomic E-state index is 0.586. The zero-order valence-corrected chi connectivity index (χ0v) is 17.0. The van der Waals surface area contributed by atoms with Crippen LogP contribution in [0.1, 0.15) is 37.3 Å². The fourth-order valence-electron chi connectivity index (χ4n) is 4.79. The van der Waals surface area contributed by atoms with Crippen molar-refractivity contribution in [2.45, 2.75) is 31.6 Å². The lowest BCUT2D eigenvalue weighted by molar-refractivity contribution is 0.413. The van der Waals surface area contributed by atoms with E-state index in [4.69, 9.17) is 4.98 Å². The van der Waals surface area contributed by atoms with E-state index in [1.807, 2.05) is 22.6 Å². The van der Waals surface area contributed by atoms with Crippen molar-refractivity contribution in [2.24, 2.45) is 11.8 Å². The number of hydrogen-bond acceptors (Lipinski definition) is 4. The van der Waals surface area contributed by atoms with Gasteiger partial charge in [0.2, 0.25) is 0 Å². The van der Waals surface area contributed by atoms with Gasteiger partial charge in [0.1, 0.15) is 5.82 Å². The topological polar surface area (TPSA) is 62.5 Å². The predicted molar refractivity (Wildman–Crippen MR) is 109 cm³/mol. The van der Waals surface area contributed by atoms with Crippen LogP contribution in [0.15, 0.2) is 40.3 Å². The maximum absolute atomic E-state index is 9.88. The molecule has 2 N–H and O–H groups in total. The lowest BCUT2D eigenvalue weighted by atomic mass is 9.86. The summed E-state index contributed by atoms with van der Waals surface area (Å²) in [6, 6.07) is 2.19. The number of nitrogens with one attached hydrogen (secondary N) is 1. The van der Waals surface area contributed by atoms with E-state index in [1.54, 1.807) is 0 Å². The Kier molecular flexibility index (Phi) is 4.38. The predicted octanol–water partition coefficient (Wildman–Crippen LogP) is 4.65. The normalized spacial score (nSPS) is 30.2. The van der Waals surface area contributed by atoms with Gasteiger partial charge in [-0.25, -0.2) is 4.98 Å². The fraction of sp³-hybridized carbons (Fsp3) is 0.474. The van der Waals surface area contributed by atoms with Crippen LogP contribution in [0.3, 0.4) is 0 Å². The summed E-state index contributed by atoms with van der Waals surface area (Å²) in [5, 5.41) is 8.01. The first-order valence-corrected chi connectivity index (χ1v) is 11.6. The van der Waals surface area contributed by atoms with Crippen LogP contribution in [-0.2, 0) is 0 Å². The molecule has 2 aromatic heterocycles. The molecule has 3 heterocycles. The van der Waals surface area contributed by atoms with E-state index in [1.165, 1.54) is 37.0 Å². The van der Waals surface area contributed by atoms with Gasteiger partial charge in [-0.15, -0.1) is 0 Å². The van der Waals surface area contributed by atoms with Gasteiger partial charge in [-0.05, 0) is 58.4 Å². The van der Waals surface area contributed by atoms with Gasteiger partial charge in [-0.1, -0.05) is 18.6 Å². The van der Waals surface area contributed by atoms with E-state index in [0.717, 1.165) is 40.5 Å². The average Bonchev–Trinajstić information content (AvgIpc) is 3.36. The molecular weight excluding hydrogens is 411 g/mol. The van der Waals surface area contributed by atoms with Crippen molar-refractivity contribution in [2.75, 3.05) is 18.0 Å². The molecule has 5 rings (SSSR count). The summed E-state index contributed by atoms with van der Waals surface area (Å²) in [6.45, 7) is 0.719. The third-order valence-electron chi connectivity index (χ3n) is 6.02. The first kappa shape index (κ1) is 16.9. The zero-order valence-electron chi connectivity index (χ0n) is 14.5. The smallest absolute Gasteiger partial charge is 0.171 e. The van der Waals surface area contributed by atoms with Crippen LogP contribution >= 0.6 is 24.1 Å². The van der Waals surface area contributed by atoms with Crippen LogP contribution in [0, 0.1) is 11.8 Å².